The molecule has 1 fully saturated rings. The van der Waals surface area contributed by atoms with Crippen molar-refractivity contribution in [3.05, 3.63) is 34.3 Å². The van der Waals surface area contributed by atoms with Gasteiger partial charge in [-0.05, 0) is 43.5 Å². The second kappa shape index (κ2) is 8.56. The molecule has 1 heterocycles. The molecule has 3 nitrogen and oxygen atoms in total. The van der Waals surface area contributed by atoms with Crippen molar-refractivity contribution in [2.24, 2.45) is 0 Å². The molecule has 0 radical (unpaired) electrons. The third-order valence-corrected chi connectivity index (χ3v) is 3.75. The minimum absolute atomic E-state index is 0. The molecule has 0 aliphatic carbocycles. The van der Waals surface area contributed by atoms with Crippen molar-refractivity contribution in [3.8, 4) is 0 Å². The fraction of sp³-hybridized carbons (Fsp3) is 0.500. The highest BCUT2D eigenvalue weighted by atomic mass is 79.9. The zero-order valence-corrected chi connectivity index (χ0v) is 13.2. The topological polar surface area (TPSA) is 41.1 Å². The molecule has 0 bridgehead atoms. The summed E-state index contributed by atoms with van der Waals surface area (Å²) in [5, 5.41) is 6.37. The fourth-order valence-corrected chi connectivity index (χ4v) is 2.69. The quantitative estimate of drug-likeness (QED) is 0.859. The van der Waals surface area contributed by atoms with E-state index in [1.165, 1.54) is 12.8 Å². The maximum absolute atomic E-state index is 11.7. The van der Waals surface area contributed by atoms with Gasteiger partial charge in [-0.25, -0.2) is 0 Å². The Bertz CT molecular complexity index is 408. The summed E-state index contributed by atoms with van der Waals surface area (Å²) in [4.78, 5) is 11.7. The summed E-state index contributed by atoms with van der Waals surface area (Å²) in [7, 11) is 0. The number of carbonyl (C=O) groups excluding carboxylic acids is 1. The molecule has 1 aliphatic heterocycles. The van der Waals surface area contributed by atoms with Crippen LogP contribution in [0.5, 0.6) is 0 Å². The maximum Gasteiger partial charge on any atom is 0.220 e. The molecule has 0 saturated carbocycles. The SMILES string of the molecule is Cl.O=C(CCC1CCCN1)NCc1cccc(Br)c1. The van der Waals surface area contributed by atoms with Crippen LogP contribution in [0.3, 0.4) is 0 Å². The predicted octanol–water partition coefficient (Wildman–Crippen LogP) is 3.02. The highest BCUT2D eigenvalue weighted by Crippen LogP contribution is 2.12. The molecule has 1 unspecified atom stereocenters. The summed E-state index contributed by atoms with van der Waals surface area (Å²) in [6.45, 7) is 1.71. The Kier molecular flexibility index (Phi) is 7.42. The molecule has 106 valence electrons. The van der Waals surface area contributed by atoms with Crippen molar-refractivity contribution in [1.29, 1.82) is 0 Å². The Morgan fingerprint density at radius 1 is 1.47 bits per heavy atom. The molecular formula is C14H20BrClN2O. The third-order valence-electron chi connectivity index (χ3n) is 3.26. The molecule has 0 aromatic heterocycles. The number of carbonyl (C=O) groups is 1. The summed E-state index contributed by atoms with van der Waals surface area (Å²) in [5.41, 5.74) is 1.12. The number of halogens is 2. The predicted molar refractivity (Wildman–Crippen MR) is 83.5 cm³/mol. The fourth-order valence-electron chi connectivity index (χ4n) is 2.24. The first kappa shape index (κ1) is 16.5. The van der Waals surface area contributed by atoms with Gasteiger partial charge in [0.1, 0.15) is 0 Å². The number of benzene rings is 1. The smallest absolute Gasteiger partial charge is 0.220 e. The van der Waals surface area contributed by atoms with Crippen LogP contribution in [0.4, 0.5) is 0 Å². The van der Waals surface area contributed by atoms with E-state index in [9.17, 15) is 4.79 Å². The van der Waals surface area contributed by atoms with Gasteiger partial charge in [0.15, 0.2) is 0 Å². The molecule has 2 N–H and O–H groups in total. The zero-order chi connectivity index (χ0) is 12.8. The standard InChI is InChI=1S/C14H19BrN2O.ClH/c15-12-4-1-3-11(9-12)10-17-14(18)7-6-13-5-2-8-16-13;/h1,3-4,9,13,16H,2,5-8,10H2,(H,17,18);1H. The summed E-state index contributed by atoms with van der Waals surface area (Å²) in [6, 6.07) is 8.55. The molecule has 1 saturated heterocycles. The van der Waals surface area contributed by atoms with Crippen molar-refractivity contribution in [2.45, 2.75) is 38.3 Å². The monoisotopic (exact) mass is 346 g/mol. The molecule has 1 amide bonds. The van der Waals surface area contributed by atoms with Gasteiger partial charge in [0.25, 0.3) is 0 Å². The van der Waals surface area contributed by atoms with Crippen LogP contribution in [0.25, 0.3) is 0 Å². The Balaban J connectivity index is 0.00000180. The Morgan fingerprint density at radius 2 is 2.32 bits per heavy atom. The molecule has 5 heteroatoms. The maximum atomic E-state index is 11.7. The van der Waals surface area contributed by atoms with Crippen LogP contribution < -0.4 is 10.6 Å². The van der Waals surface area contributed by atoms with E-state index in [0.717, 1.165) is 23.0 Å². The van der Waals surface area contributed by atoms with Crippen molar-refractivity contribution in [1.82, 2.24) is 10.6 Å². The lowest BCUT2D eigenvalue weighted by Gasteiger charge is -2.10. The summed E-state index contributed by atoms with van der Waals surface area (Å²) in [5.74, 6) is 0.142. The number of nitrogens with one attached hydrogen (secondary N) is 2. The lowest BCUT2D eigenvalue weighted by atomic mass is 10.1. The van der Waals surface area contributed by atoms with Gasteiger partial charge in [-0.15, -0.1) is 12.4 Å². The summed E-state index contributed by atoms with van der Waals surface area (Å²) >= 11 is 3.42. The van der Waals surface area contributed by atoms with E-state index in [0.29, 0.717) is 19.0 Å². The van der Waals surface area contributed by atoms with E-state index in [-0.39, 0.29) is 18.3 Å². The molecular weight excluding hydrogens is 328 g/mol. The largest absolute Gasteiger partial charge is 0.352 e. The van der Waals surface area contributed by atoms with Crippen LogP contribution in [-0.2, 0) is 11.3 Å². The molecule has 1 aromatic carbocycles. The molecule has 0 spiro atoms. The average molecular weight is 348 g/mol. The van der Waals surface area contributed by atoms with Crippen LogP contribution in [0.15, 0.2) is 28.7 Å². The minimum atomic E-state index is 0. The highest BCUT2D eigenvalue weighted by molar-refractivity contribution is 9.10. The Hall–Kier alpha value is -0.580. The third kappa shape index (κ3) is 5.93. The van der Waals surface area contributed by atoms with E-state index in [2.05, 4.69) is 26.6 Å². The summed E-state index contributed by atoms with van der Waals surface area (Å²) in [6.07, 6.45) is 4.01. The lowest BCUT2D eigenvalue weighted by molar-refractivity contribution is -0.121. The molecule has 2 rings (SSSR count). The van der Waals surface area contributed by atoms with Crippen LogP contribution in [-0.4, -0.2) is 18.5 Å². The van der Waals surface area contributed by atoms with Crippen molar-refractivity contribution >= 4 is 34.2 Å². The second-order valence-corrected chi connectivity index (χ2v) is 5.65. The van der Waals surface area contributed by atoms with E-state index >= 15 is 0 Å². The van der Waals surface area contributed by atoms with Crippen LogP contribution in [0.2, 0.25) is 0 Å². The molecule has 1 atom stereocenters. The van der Waals surface area contributed by atoms with Gasteiger partial charge < -0.3 is 10.6 Å². The Morgan fingerprint density at radius 3 is 3.00 bits per heavy atom. The Labute approximate surface area is 129 Å². The van der Waals surface area contributed by atoms with Gasteiger partial charge in [0, 0.05) is 23.5 Å². The van der Waals surface area contributed by atoms with Gasteiger partial charge in [0.05, 0.1) is 0 Å². The van der Waals surface area contributed by atoms with Crippen LogP contribution in [0.1, 0.15) is 31.2 Å². The average Bonchev–Trinajstić information content (AvgIpc) is 2.87. The van der Waals surface area contributed by atoms with Crippen molar-refractivity contribution in [2.75, 3.05) is 6.54 Å². The molecule has 1 aromatic rings. The van der Waals surface area contributed by atoms with Crippen LogP contribution in [0, 0.1) is 0 Å². The van der Waals surface area contributed by atoms with Crippen molar-refractivity contribution < 1.29 is 4.79 Å². The first-order valence-corrected chi connectivity index (χ1v) is 7.28. The van der Waals surface area contributed by atoms with Gasteiger partial charge in [0.2, 0.25) is 5.91 Å². The first-order chi connectivity index (χ1) is 8.74. The number of hydrogen-bond acceptors (Lipinski definition) is 2. The van der Waals surface area contributed by atoms with Gasteiger partial charge >= 0.3 is 0 Å². The summed E-state index contributed by atoms with van der Waals surface area (Å²) < 4.78 is 1.05. The second-order valence-electron chi connectivity index (χ2n) is 4.74. The van der Waals surface area contributed by atoms with Gasteiger partial charge in [-0.3, -0.25) is 4.79 Å². The minimum Gasteiger partial charge on any atom is -0.352 e. The van der Waals surface area contributed by atoms with E-state index in [1.807, 2.05) is 24.3 Å². The first-order valence-electron chi connectivity index (χ1n) is 6.48. The lowest BCUT2D eigenvalue weighted by Crippen LogP contribution is -2.27. The van der Waals surface area contributed by atoms with E-state index in [1.54, 1.807) is 0 Å². The zero-order valence-electron chi connectivity index (χ0n) is 10.8. The molecule has 19 heavy (non-hydrogen) atoms. The number of rotatable bonds is 5. The number of amides is 1. The van der Waals surface area contributed by atoms with E-state index in [4.69, 9.17) is 0 Å². The van der Waals surface area contributed by atoms with Gasteiger partial charge in [-0.2, -0.15) is 0 Å². The van der Waals surface area contributed by atoms with Crippen LogP contribution >= 0.6 is 28.3 Å². The highest BCUT2D eigenvalue weighted by Gasteiger charge is 2.14. The molecule has 1 aliphatic rings. The van der Waals surface area contributed by atoms with E-state index < -0.39 is 0 Å². The normalized spacial score (nSPS) is 17.8. The van der Waals surface area contributed by atoms with Gasteiger partial charge in [-0.1, -0.05) is 28.1 Å². The number of hydrogen-bond donors (Lipinski definition) is 2. The van der Waals surface area contributed by atoms with Crippen molar-refractivity contribution in [3.63, 3.8) is 0 Å².